The van der Waals surface area contributed by atoms with E-state index in [0.29, 0.717) is 17.1 Å². The van der Waals surface area contributed by atoms with Crippen molar-refractivity contribution in [2.45, 2.75) is 39.5 Å². The maximum Gasteiger partial charge on any atom is 0.231 e. The number of anilines is 2. The van der Waals surface area contributed by atoms with Gasteiger partial charge in [-0.3, -0.25) is 0 Å². The Morgan fingerprint density at radius 2 is 1.43 bits per heavy atom. The van der Waals surface area contributed by atoms with Crippen LogP contribution in [0, 0.1) is 11.8 Å². The Labute approximate surface area is 131 Å². The molecular formula is C15H24ClN5. The lowest BCUT2D eigenvalue weighted by Gasteiger charge is -2.35. The molecule has 21 heavy (non-hydrogen) atoms. The van der Waals surface area contributed by atoms with Gasteiger partial charge in [0.25, 0.3) is 0 Å². The first-order valence-electron chi connectivity index (χ1n) is 8.03. The summed E-state index contributed by atoms with van der Waals surface area (Å²) in [6.45, 7) is 8.63. The SMILES string of the molecule is CC1CC(C)CN(c2nc(Cl)nc(N3CCCCC3)n2)C1. The standard InChI is InChI=1S/C15H24ClN5/c1-11-8-12(2)10-21(9-11)15-18-13(16)17-14(19-15)20-6-4-3-5-7-20/h11-12H,3-10H2,1-2H3. The van der Waals surface area contributed by atoms with E-state index in [9.17, 15) is 0 Å². The fraction of sp³-hybridized carbons (Fsp3) is 0.800. The van der Waals surface area contributed by atoms with Crippen molar-refractivity contribution in [2.24, 2.45) is 11.8 Å². The predicted octanol–water partition coefficient (Wildman–Crippen LogP) is 3.00. The Morgan fingerprint density at radius 1 is 0.857 bits per heavy atom. The van der Waals surface area contributed by atoms with Gasteiger partial charge in [-0.05, 0) is 49.1 Å². The minimum atomic E-state index is 0.312. The monoisotopic (exact) mass is 309 g/mol. The van der Waals surface area contributed by atoms with E-state index in [1.165, 1.54) is 25.7 Å². The van der Waals surface area contributed by atoms with Gasteiger partial charge in [-0.1, -0.05) is 13.8 Å². The number of aromatic nitrogens is 3. The third-order valence-electron chi connectivity index (χ3n) is 4.38. The Kier molecular flexibility index (Phi) is 4.48. The zero-order chi connectivity index (χ0) is 14.8. The van der Waals surface area contributed by atoms with Crippen molar-refractivity contribution in [1.82, 2.24) is 15.0 Å². The van der Waals surface area contributed by atoms with Crippen LogP contribution >= 0.6 is 11.6 Å². The molecule has 116 valence electrons. The summed E-state index contributed by atoms with van der Waals surface area (Å²) in [4.78, 5) is 17.9. The summed E-state index contributed by atoms with van der Waals surface area (Å²) in [6.07, 6.45) is 4.98. The van der Waals surface area contributed by atoms with Gasteiger partial charge in [0, 0.05) is 26.2 Å². The van der Waals surface area contributed by atoms with Crippen LogP contribution in [0.4, 0.5) is 11.9 Å². The van der Waals surface area contributed by atoms with E-state index in [1.54, 1.807) is 0 Å². The molecule has 0 aliphatic carbocycles. The van der Waals surface area contributed by atoms with Gasteiger partial charge in [0.2, 0.25) is 17.2 Å². The molecule has 2 unspecified atom stereocenters. The van der Waals surface area contributed by atoms with Crippen molar-refractivity contribution in [1.29, 1.82) is 0 Å². The van der Waals surface area contributed by atoms with Crippen LogP contribution in [0.3, 0.4) is 0 Å². The maximum atomic E-state index is 6.15. The minimum Gasteiger partial charge on any atom is -0.341 e. The second-order valence-electron chi connectivity index (χ2n) is 6.60. The normalized spacial score (nSPS) is 27.0. The molecule has 0 saturated carbocycles. The average molecular weight is 310 g/mol. The van der Waals surface area contributed by atoms with Crippen molar-refractivity contribution >= 4 is 23.5 Å². The molecule has 2 aliphatic heterocycles. The van der Waals surface area contributed by atoms with Crippen LogP contribution < -0.4 is 9.80 Å². The number of halogens is 1. The molecule has 0 radical (unpaired) electrons. The second-order valence-corrected chi connectivity index (χ2v) is 6.94. The zero-order valence-corrected chi connectivity index (χ0v) is 13.7. The van der Waals surface area contributed by atoms with Gasteiger partial charge in [0.05, 0.1) is 0 Å². The van der Waals surface area contributed by atoms with Gasteiger partial charge in [-0.2, -0.15) is 15.0 Å². The van der Waals surface area contributed by atoms with E-state index in [1.807, 2.05) is 0 Å². The molecule has 0 N–H and O–H groups in total. The van der Waals surface area contributed by atoms with Gasteiger partial charge < -0.3 is 9.80 Å². The van der Waals surface area contributed by atoms with E-state index in [2.05, 4.69) is 33.6 Å². The topological polar surface area (TPSA) is 45.2 Å². The van der Waals surface area contributed by atoms with E-state index < -0.39 is 0 Å². The summed E-state index contributed by atoms with van der Waals surface area (Å²) in [6, 6.07) is 0. The van der Waals surface area contributed by atoms with E-state index in [4.69, 9.17) is 16.6 Å². The van der Waals surface area contributed by atoms with Gasteiger partial charge in [0.1, 0.15) is 0 Å². The highest BCUT2D eigenvalue weighted by molar-refractivity contribution is 6.28. The lowest BCUT2D eigenvalue weighted by molar-refractivity contribution is 0.353. The summed E-state index contributed by atoms with van der Waals surface area (Å²) in [5, 5.41) is 0.312. The number of piperidine rings is 2. The molecule has 0 spiro atoms. The Balaban J connectivity index is 1.83. The number of rotatable bonds is 2. The van der Waals surface area contributed by atoms with Crippen molar-refractivity contribution in [3.05, 3.63) is 5.28 Å². The molecule has 2 fully saturated rings. The van der Waals surface area contributed by atoms with Crippen LogP contribution in [0.2, 0.25) is 5.28 Å². The summed E-state index contributed by atoms with van der Waals surface area (Å²) in [5.41, 5.74) is 0. The molecule has 1 aromatic heterocycles. The molecule has 3 rings (SSSR count). The third-order valence-corrected chi connectivity index (χ3v) is 4.54. The van der Waals surface area contributed by atoms with Crippen molar-refractivity contribution in [2.75, 3.05) is 36.0 Å². The lowest BCUT2D eigenvalue weighted by atomic mass is 9.92. The molecule has 6 heteroatoms. The summed E-state index contributed by atoms with van der Waals surface area (Å²) in [5.74, 6) is 2.83. The van der Waals surface area contributed by atoms with Gasteiger partial charge >= 0.3 is 0 Å². The average Bonchev–Trinajstić information content (AvgIpc) is 2.46. The molecule has 2 atom stereocenters. The molecule has 3 heterocycles. The maximum absolute atomic E-state index is 6.15. The van der Waals surface area contributed by atoms with Crippen LogP contribution in [-0.4, -0.2) is 41.1 Å². The summed E-state index contributed by atoms with van der Waals surface area (Å²) >= 11 is 6.15. The predicted molar refractivity (Wildman–Crippen MR) is 86.1 cm³/mol. The Hall–Kier alpha value is -1.10. The molecule has 1 aromatic rings. The molecule has 5 nitrogen and oxygen atoms in total. The number of nitrogens with zero attached hydrogens (tertiary/aromatic N) is 5. The first kappa shape index (κ1) is 14.8. The fourth-order valence-electron chi connectivity index (χ4n) is 3.53. The van der Waals surface area contributed by atoms with Crippen LogP contribution in [0.25, 0.3) is 0 Å². The first-order chi connectivity index (χ1) is 10.1. The third kappa shape index (κ3) is 3.57. The quantitative estimate of drug-likeness (QED) is 0.840. The van der Waals surface area contributed by atoms with Crippen molar-refractivity contribution < 1.29 is 0 Å². The van der Waals surface area contributed by atoms with E-state index in [0.717, 1.165) is 38.1 Å². The van der Waals surface area contributed by atoms with Crippen LogP contribution in [0.5, 0.6) is 0 Å². The molecule has 2 aliphatic rings. The van der Waals surface area contributed by atoms with Crippen LogP contribution in [-0.2, 0) is 0 Å². The fourth-order valence-corrected chi connectivity index (χ4v) is 3.68. The summed E-state index contributed by atoms with van der Waals surface area (Å²) < 4.78 is 0. The van der Waals surface area contributed by atoms with Gasteiger partial charge in [0.15, 0.2) is 0 Å². The van der Waals surface area contributed by atoms with Crippen LogP contribution in [0.15, 0.2) is 0 Å². The molecule has 0 bridgehead atoms. The highest BCUT2D eigenvalue weighted by Gasteiger charge is 2.25. The first-order valence-corrected chi connectivity index (χ1v) is 8.41. The minimum absolute atomic E-state index is 0.312. The summed E-state index contributed by atoms with van der Waals surface area (Å²) in [7, 11) is 0. The lowest BCUT2D eigenvalue weighted by Crippen LogP contribution is -2.40. The molecule has 0 amide bonds. The van der Waals surface area contributed by atoms with Crippen molar-refractivity contribution in [3.8, 4) is 0 Å². The van der Waals surface area contributed by atoms with Crippen molar-refractivity contribution in [3.63, 3.8) is 0 Å². The largest absolute Gasteiger partial charge is 0.341 e. The van der Waals surface area contributed by atoms with Gasteiger partial charge in [-0.25, -0.2) is 0 Å². The van der Waals surface area contributed by atoms with Crippen LogP contribution in [0.1, 0.15) is 39.5 Å². The highest BCUT2D eigenvalue weighted by atomic mass is 35.5. The Bertz CT molecular complexity index is 479. The number of hydrogen-bond donors (Lipinski definition) is 0. The second kappa shape index (κ2) is 6.34. The zero-order valence-electron chi connectivity index (χ0n) is 12.9. The highest BCUT2D eigenvalue weighted by Crippen LogP contribution is 2.26. The molecule has 0 aromatic carbocycles. The number of hydrogen-bond acceptors (Lipinski definition) is 5. The molecular weight excluding hydrogens is 286 g/mol. The van der Waals surface area contributed by atoms with E-state index >= 15 is 0 Å². The Morgan fingerprint density at radius 3 is 2.05 bits per heavy atom. The smallest absolute Gasteiger partial charge is 0.231 e. The van der Waals surface area contributed by atoms with E-state index in [-0.39, 0.29) is 0 Å². The molecule has 2 saturated heterocycles. The van der Waals surface area contributed by atoms with Gasteiger partial charge in [-0.15, -0.1) is 0 Å².